The molecule has 2 N–H and O–H groups in total. The maximum Gasteiger partial charge on any atom is 0.119 e. The van der Waals surface area contributed by atoms with Crippen molar-refractivity contribution in [2.75, 3.05) is 19.7 Å². The summed E-state index contributed by atoms with van der Waals surface area (Å²) >= 11 is 5.31. The Labute approximate surface area is 127 Å². The quantitative estimate of drug-likeness (QED) is 0.846. The summed E-state index contributed by atoms with van der Waals surface area (Å²) in [4.78, 5) is 2.95. The average molecular weight is 292 g/mol. The van der Waals surface area contributed by atoms with Crippen LogP contribution in [0.15, 0.2) is 24.3 Å². The van der Waals surface area contributed by atoms with Crippen LogP contribution >= 0.6 is 12.2 Å². The first-order chi connectivity index (χ1) is 9.61. The number of hydrogen-bond acceptors (Lipinski definition) is 3. The third kappa shape index (κ3) is 3.70. The SMILES string of the molecule is CCOc1cccc(C(C(N)=S)N2CCC(C)CC2)c1. The number of thiocarbonyl (C=S) groups is 1. The van der Waals surface area contributed by atoms with Gasteiger partial charge in [-0.25, -0.2) is 0 Å². The van der Waals surface area contributed by atoms with E-state index in [2.05, 4.69) is 24.0 Å². The Morgan fingerprint density at radius 3 is 2.75 bits per heavy atom. The number of ether oxygens (including phenoxy) is 1. The molecule has 110 valence electrons. The monoisotopic (exact) mass is 292 g/mol. The van der Waals surface area contributed by atoms with Crippen molar-refractivity contribution >= 4 is 17.2 Å². The lowest BCUT2D eigenvalue weighted by Crippen LogP contribution is -2.41. The van der Waals surface area contributed by atoms with Crippen LogP contribution in [0, 0.1) is 5.92 Å². The molecule has 1 aromatic rings. The van der Waals surface area contributed by atoms with E-state index in [1.54, 1.807) is 0 Å². The summed E-state index contributed by atoms with van der Waals surface area (Å²) in [6, 6.07) is 8.16. The van der Waals surface area contributed by atoms with E-state index < -0.39 is 0 Å². The zero-order valence-electron chi connectivity index (χ0n) is 12.3. The van der Waals surface area contributed by atoms with Crippen LogP contribution in [0.5, 0.6) is 5.75 Å². The number of hydrogen-bond donors (Lipinski definition) is 1. The molecule has 0 bridgehead atoms. The van der Waals surface area contributed by atoms with Crippen LogP contribution in [-0.2, 0) is 0 Å². The Hall–Kier alpha value is -1.13. The number of likely N-dealkylation sites (tertiary alicyclic amines) is 1. The number of nitrogens with zero attached hydrogens (tertiary/aromatic N) is 1. The van der Waals surface area contributed by atoms with Crippen LogP contribution in [-0.4, -0.2) is 29.6 Å². The van der Waals surface area contributed by atoms with Crippen molar-refractivity contribution in [2.45, 2.75) is 32.7 Å². The standard InChI is InChI=1S/C16H24N2OS/c1-3-19-14-6-4-5-13(11-14)15(16(17)20)18-9-7-12(2)8-10-18/h4-6,11-12,15H,3,7-10H2,1-2H3,(H2,17,20). The maximum atomic E-state index is 6.01. The minimum Gasteiger partial charge on any atom is -0.494 e. The van der Waals surface area contributed by atoms with E-state index in [0.29, 0.717) is 11.6 Å². The summed E-state index contributed by atoms with van der Waals surface area (Å²) in [5, 5.41) is 0. The molecular formula is C16H24N2OS. The fourth-order valence-electron chi connectivity index (χ4n) is 2.78. The summed E-state index contributed by atoms with van der Waals surface area (Å²) < 4.78 is 5.58. The highest BCUT2D eigenvalue weighted by atomic mass is 32.1. The van der Waals surface area contributed by atoms with Crippen LogP contribution in [0.2, 0.25) is 0 Å². The zero-order valence-corrected chi connectivity index (χ0v) is 13.2. The molecule has 1 atom stereocenters. The van der Waals surface area contributed by atoms with Gasteiger partial charge in [-0.15, -0.1) is 0 Å². The van der Waals surface area contributed by atoms with Crippen molar-refractivity contribution in [1.82, 2.24) is 4.90 Å². The van der Waals surface area contributed by atoms with Gasteiger partial charge in [0.2, 0.25) is 0 Å². The topological polar surface area (TPSA) is 38.5 Å². The fraction of sp³-hybridized carbons (Fsp3) is 0.562. The summed E-state index contributed by atoms with van der Waals surface area (Å²) in [5.41, 5.74) is 7.14. The first-order valence-electron chi connectivity index (χ1n) is 7.38. The molecule has 4 heteroatoms. The van der Waals surface area contributed by atoms with Gasteiger partial charge in [-0.2, -0.15) is 0 Å². The van der Waals surface area contributed by atoms with Gasteiger partial charge >= 0.3 is 0 Å². The van der Waals surface area contributed by atoms with Crippen molar-refractivity contribution in [3.63, 3.8) is 0 Å². The van der Waals surface area contributed by atoms with Crippen LogP contribution < -0.4 is 10.5 Å². The Kier molecular flexibility index (Phi) is 5.38. The van der Waals surface area contributed by atoms with Gasteiger partial charge in [-0.1, -0.05) is 31.3 Å². The average Bonchev–Trinajstić information content (AvgIpc) is 2.42. The molecule has 1 aromatic carbocycles. The highest BCUT2D eigenvalue weighted by Gasteiger charge is 2.26. The van der Waals surface area contributed by atoms with Crippen LogP contribution in [0.3, 0.4) is 0 Å². The van der Waals surface area contributed by atoms with Gasteiger partial charge in [0.1, 0.15) is 5.75 Å². The van der Waals surface area contributed by atoms with Gasteiger partial charge in [0.15, 0.2) is 0 Å². The van der Waals surface area contributed by atoms with E-state index in [-0.39, 0.29) is 6.04 Å². The van der Waals surface area contributed by atoms with Crippen molar-refractivity contribution in [3.8, 4) is 5.75 Å². The van der Waals surface area contributed by atoms with Crippen molar-refractivity contribution < 1.29 is 4.74 Å². The van der Waals surface area contributed by atoms with E-state index in [9.17, 15) is 0 Å². The number of rotatable bonds is 5. The highest BCUT2D eigenvalue weighted by molar-refractivity contribution is 7.80. The third-order valence-corrected chi connectivity index (χ3v) is 4.16. The molecule has 1 heterocycles. The second kappa shape index (κ2) is 7.04. The Morgan fingerprint density at radius 1 is 1.45 bits per heavy atom. The van der Waals surface area contributed by atoms with E-state index in [1.165, 1.54) is 12.8 Å². The largest absolute Gasteiger partial charge is 0.494 e. The normalized spacial score (nSPS) is 18.7. The lowest BCUT2D eigenvalue weighted by Gasteiger charge is -2.36. The minimum absolute atomic E-state index is 0.0258. The maximum absolute atomic E-state index is 6.01. The number of benzene rings is 1. The van der Waals surface area contributed by atoms with Crippen molar-refractivity contribution in [3.05, 3.63) is 29.8 Å². The van der Waals surface area contributed by atoms with Crippen LogP contribution in [0.25, 0.3) is 0 Å². The molecule has 1 fully saturated rings. The van der Waals surface area contributed by atoms with E-state index in [1.807, 2.05) is 19.1 Å². The molecule has 0 radical (unpaired) electrons. The Bertz CT molecular complexity index is 456. The zero-order chi connectivity index (χ0) is 14.5. The molecule has 1 aliphatic rings. The molecule has 0 saturated carbocycles. The lowest BCUT2D eigenvalue weighted by atomic mass is 9.95. The summed E-state index contributed by atoms with van der Waals surface area (Å²) in [6.07, 6.45) is 2.43. The molecule has 1 saturated heterocycles. The van der Waals surface area contributed by atoms with E-state index >= 15 is 0 Å². The number of piperidine rings is 1. The Morgan fingerprint density at radius 2 is 2.15 bits per heavy atom. The lowest BCUT2D eigenvalue weighted by molar-refractivity contribution is 0.170. The van der Waals surface area contributed by atoms with E-state index in [4.69, 9.17) is 22.7 Å². The highest BCUT2D eigenvalue weighted by Crippen LogP contribution is 2.29. The van der Waals surface area contributed by atoms with Gasteiger partial charge in [0.05, 0.1) is 17.6 Å². The summed E-state index contributed by atoms with van der Waals surface area (Å²) in [7, 11) is 0. The van der Waals surface area contributed by atoms with Gasteiger partial charge in [-0.3, -0.25) is 4.90 Å². The molecule has 2 rings (SSSR count). The summed E-state index contributed by atoms with van der Waals surface area (Å²) in [6.45, 7) is 7.08. The predicted octanol–water partition coefficient (Wildman–Crippen LogP) is 3.14. The first-order valence-corrected chi connectivity index (χ1v) is 7.78. The predicted molar refractivity (Wildman–Crippen MR) is 87.1 cm³/mol. The smallest absolute Gasteiger partial charge is 0.119 e. The molecule has 1 aliphatic heterocycles. The minimum atomic E-state index is 0.0258. The molecule has 1 unspecified atom stereocenters. The van der Waals surface area contributed by atoms with Gasteiger partial charge in [0, 0.05) is 0 Å². The molecule has 0 aliphatic carbocycles. The van der Waals surface area contributed by atoms with Crippen LogP contribution in [0.1, 0.15) is 38.3 Å². The van der Waals surface area contributed by atoms with Gasteiger partial charge in [-0.05, 0) is 56.5 Å². The van der Waals surface area contributed by atoms with Crippen molar-refractivity contribution in [1.29, 1.82) is 0 Å². The van der Waals surface area contributed by atoms with Gasteiger partial charge in [0.25, 0.3) is 0 Å². The molecule has 3 nitrogen and oxygen atoms in total. The summed E-state index contributed by atoms with van der Waals surface area (Å²) in [5.74, 6) is 1.68. The molecule has 0 spiro atoms. The van der Waals surface area contributed by atoms with E-state index in [0.717, 1.165) is 30.3 Å². The third-order valence-electron chi connectivity index (χ3n) is 3.94. The molecule has 0 amide bonds. The fourth-order valence-corrected chi connectivity index (χ4v) is 3.07. The number of nitrogens with two attached hydrogens (primary N) is 1. The molecular weight excluding hydrogens is 268 g/mol. The van der Waals surface area contributed by atoms with Crippen molar-refractivity contribution in [2.24, 2.45) is 11.7 Å². The van der Waals surface area contributed by atoms with Gasteiger partial charge < -0.3 is 10.5 Å². The van der Waals surface area contributed by atoms with Crippen LogP contribution in [0.4, 0.5) is 0 Å². The second-order valence-corrected chi connectivity index (χ2v) is 6.00. The second-order valence-electron chi connectivity index (χ2n) is 5.53. The molecule has 20 heavy (non-hydrogen) atoms. The molecule has 0 aromatic heterocycles. The Balaban J connectivity index is 2.20. The first kappa shape index (κ1) is 15.3.